The zero-order chi connectivity index (χ0) is 14.0. The standard InChI is InChI=1S/C12H13Cl3O3/c1-11(2,12(13,14)15)18-10(16)8-4-6-9(17-3)7-5-8/h4-7H,1-3H3. The number of benzene rings is 1. The van der Waals surface area contributed by atoms with Crippen LogP contribution in [0.25, 0.3) is 0 Å². The third-order valence-electron chi connectivity index (χ3n) is 2.36. The van der Waals surface area contributed by atoms with E-state index < -0.39 is 15.4 Å². The minimum atomic E-state index is -1.70. The Hall–Kier alpha value is -0.640. The van der Waals surface area contributed by atoms with Crippen LogP contribution >= 0.6 is 34.8 Å². The maximum absolute atomic E-state index is 11.9. The fraction of sp³-hybridized carbons (Fsp3) is 0.417. The number of ether oxygens (including phenoxy) is 2. The van der Waals surface area contributed by atoms with E-state index in [1.165, 1.54) is 13.8 Å². The fourth-order valence-corrected chi connectivity index (χ4v) is 1.19. The number of methoxy groups -OCH3 is 1. The van der Waals surface area contributed by atoms with Gasteiger partial charge in [-0.15, -0.1) is 0 Å². The predicted molar refractivity (Wildman–Crippen MR) is 72.8 cm³/mol. The molecule has 0 aliphatic carbocycles. The molecule has 0 unspecified atom stereocenters. The lowest BCUT2D eigenvalue weighted by molar-refractivity contribution is 0.000688. The molecule has 18 heavy (non-hydrogen) atoms. The van der Waals surface area contributed by atoms with E-state index in [4.69, 9.17) is 44.3 Å². The van der Waals surface area contributed by atoms with E-state index in [1.54, 1.807) is 31.4 Å². The van der Waals surface area contributed by atoms with Crippen LogP contribution in [0.3, 0.4) is 0 Å². The van der Waals surface area contributed by atoms with Crippen molar-refractivity contribution in [3.63, 3.8) is 0 Å². The predicted octanol–water partition coefficient (Wildman–Crippen LogP) is 4.00. The second-order valence-electron chi connectivity index (χ2n) is 4.13. The van der Waals surface area contributed by atoms with E-state index in [0.717, 1.165) is 0 Å². The molecule has 1 aromatic carbocycles. The molecule has 0 fully saturated rings. The van der Waals surface area contributed by atoms with Crippen molar-refractivity contribution in [2.24, 2.45) is 0 Å². The summed E-state index contributed by atoms with van der Waals surface area (Å²) in [6.07, 6.45) is 0. The quantitative estimate of drug-likeness (QED) is 0.625. The van der Waals surface area contributed by atoms with E-state index >= 15 is 0 Å². The number of halogens is 3. The maximum Gasteiger partial charge on any atom is 0.338 e. The lowest BCUT2D eigenvalue weighted by atomic mass is 10.1. The molecular weight excluding hydrogens is 298 g/mol. The molecule has 0 aliphatic rings. The van der Waals surface area contributed by atoms with Gasteiger partial charge < -0.3 is 9.47 Å². The Balaban J connectivity index is 2.82. The van der Waals surface area contributed by atoms with Crippen LogP contribution in [0.5, 0.6) is 5.75 Å². The number of esters is 1. The van der Waals surface area contributed by atoms with Gasteiger partial charge in [-0.1, -0.05) is 34.8 Å². The largest absolute Gasteiger partial charge is 0.497 e. The second-order valence-corrected chi connectivity index (χ2v) is 6.41. The molecule has 0 atom stereocenters. The van der Waals surface area contributed by atoms with Crippen molar-refractivity contribution in [1.29, 1.82) is 0 Å². The molecular formula is C12H13Cl3O3. The fourth-order valence-electron chi connectivity index (χ4n) is 1.08. The maximum atomic E-state index is 11.9. The number of rotatable bonds is 3. The Morgan fingerprint density at radius 2 is 1.61 bits per heavy atom. The number of carbonyl (C=O) groups excluding carboxylic acids is 1. The van der Waals surface area contributed by atoms with Crippen molar-refractivity contribution in [1.82, 2.24) is 0 Å². The molecule has 3 nitrogen and oxygen atoms in total. The summed E-state index contributed by atoms with van der Waals surface area (Å²) >= 11 is 17.2. The highest BCUT2D eigenvalue weighted by Crippen LogP contribution is 2.40. The Morgan fingerprint density at radius 1 is 1.11 bits per heavy atom. The average Bonchev–Trinajstić information content (AvgIpc) is 2.27. The van der Waals surface area contributed by atoms with Gasteiger partial charge in [0, 0.05) is 0 Å². The molecule has 6 heteroatoms. The first-order valence-electron chi connectivity index (χ1n) is 5.11. The Morgan fingerprint density at radius 3 is 2.00 bits per heavy atom. The topological polar surface area (TPSA) is 35.5 Å². The SMILES string of the molecule is COc1ccc(C(=O)OC(C)(C)C(Cl)(Cl)Cl)cc1. The van der Waals surface area contributed by atoms with Crippen LogP contribution in [0.15, 0.2) is 24.3 Å². The van der Waals surface area contributed by atoms with Crippen LogP contribution in [0.4, 0.5) is 0 Å². The summed E-state index contributed by atoms with van der Waals surface area (Å²) in [6.45, 7) is 3.06. The smallest absolute Gasteiger partial charge is 0.338 e. The molecule has 0 N–H and O–H groups in total. The van der Waals surface area contributed by atoms with Gasteiger partial charge in [0.2, 0.25) is 3.79 Å². The number of hydrogen-bond donors (Lipinski definition) is 0. The van der Waals surface area contributed by atoms with Gasteiger partial charge in [-0.25, -0.2) is 4.79 Å². The minimum absolute atomic E-state index is 0.359. The average molecular weight is 312 g/mol. The van der Waals surface area contributed by atoms with E-state index in [2.05, 4.69) is 0 Å². The monoisotopic (exact) mass is 310 g/mol. The van der Waals surface area contributed by atoms with Crippen molar-refractivity contribution < 1.29 is 14.3 Å². The van der Waals surface area contributed by atoms with E-state index in [1.807, 2.05) is 0 Å². The van der Waals surface area contributed by atoms with Gasteiger partial charge in [0.05, 0.1) is 12.7 Å². The lowest BCUT2D eigenvalue weighted by Crippen LogP contribution is -2.41. The number of carbonyl (C=O) groups is 1. The summed E-state index contributed by atoms with van der Waals surface area (Å²) in [5, 5.41) is 0. The highest BCUT2D eigenvalue weighted by Gasteiger charge is 2.44. The third kappa shape index (κ3) is 3.67. The minimum Gasteiger partial charge on any atom is -0.497 e. The van der Waals surface area contributed by atoms with Crippen molar-refractivity contribution in [3.8, 4) is 5.75 Å². The van der Waals surface area contributed by atoms with Gasteiger partial charge >= 0.3 is 5.97 Å². The molecule has 0 heterocycles. The van der Waals surface area contributed by atoms with Gasteiger partial charge in [-0.05, 0) is 38.1 Å². The molecule has 0 bridgehead atoms. The summed E-state index contributed by atoms with van der Waals surface area (Å²) in [5.41, 5.74) is -0.868. The van der Waals surface area contributed by atoms with Gasteiger partial charge in [0.15, 0.2) is 5.60 Å². The summed E-state index contributed by atoms with van der Waals surface area (Å²) in [7, 11) is 1.54. The Bertz CT molecular complexity index is 421. The first kappa shape index (κ1) is 15.4. The lowest BCUT2D eigenvalue weighted by Gasteiger charge is -2.31. The van der Waals surface area contributed by atoms with Crippen molar-refractivity contribution in [2.75, 3.05) is 7.11 Å². The summed E-state index contributed by atoms with van der Waals surface area (Å²) in [4.78, 5) is 11.9. The molecule has 0 saturated heterocycles. The van der Waals surface area contributed by atoms with Crippen LogP contribution in [0.1, 0.15) is 24.2 Å². The highest BCUT2D eigenvalue weighted by atomic mass is 35.6. The van der Waals surface area contributed by atoms with Gasteiger partial charge in [0.1, 0.15) is 5.75 Å². The van der Waals surface area contributed by atoms with Gasteiger partial charge in [-0.3, -0.25) is 0 Å². The molecule has 0 amide bonds. The molecule has 1 rings (SSSR count). The summed E-state index contributed by atoms with van der Waals surface area (Å²) in [6, 6.07) is 6.46. The van der Waals surface area contributed by atoms with Gasteiger partial charge in [0.25, 0.3) is 0 Å². The molecule has 0 spiro atoms. The van der Waals surface area contributed by atoms with E-state index in [-0.39, 0.29) is 0 Å². The molecule has 0 aromatic heterocycles. The van der Waals surface area contributed by atoms with Crippen LogP contribution in [-0.4, -0.2) is 22.5 Å². The zero-order valence-corrected chi connectivity index (χ0v) is 12.4. The van der Waals surface area contributed by atoms with Gasteiger partial charge in [-0.2, -0.15) is 0 Å². The first-order chi connectivity index (χ1) is 8.17. The Kier molecular flexibility index (Phi) is 4.76. The van der Waals surface area contributed by atoms with Crippen molar-refractivity contribution in [2.45, 2.75) is 23.2 Å². The first-order valence-corrected chi connectivity index (χ1v) is 6.25. The molecule has 100 valence electrons. The van der Waals surface area contributed by atoms with Crippen LogP contribution < -0.4 is 4.74 Å². The third-order valence-corrected chi connectivity index (χ3v) is 3.72. The van der Waals surface area contributed by atoms with E-state index in [0.29, 0.717) is 11.3 Å². The molecule has 0 aliphatic heterocycles. The molecule has 1 aromatic rings. The molecule has 0 radical (unpaired) electrons. The highest BCUT2D eigenvalue weighted by molar-refractivity contribution is 6.68. The number of hydrogen-bond acceptors (Lipinski definition) is 3. The van der Waals surface area contributed by atoms with Crippen molar-refractivity contribution in [3.05, 3.63) is 29.8 Å². The van der Waals surface area contributed by atoms with E-state index in [9.17, 15) is 4.79 Å². The summed E-state index contributed by atoms with van der Waals surface area (Å²) < 4.78 is 8.48. The summed E-state index contributed by atoms with van der Waals surface area (Å²) in [5.74, 6) is 0.0844. The molecule has 0 saturated carbocycles. The van der Waals surface area contributed by atoms with Crippen LogP contribution in [-0.2, 0) is 4.74 Å². The number of alkyl halides is 3. The normalized spacial score (nSPS) is 12.1. The van der Waals surface area contributed by atoms with Crippen LogP contribution in [0, 0.1) is 0 Å². The zero-order valence-electron chi connectivity index (χ0n) is 10.2. The Labute approximate surface area is 121 Å². The second kappa shape index (κ2) is 5.55. The van der Waals surface area contributed by atoms with Crippen molar-refractivity contribution >= 4 is 40.8 Å². The van der Waals surface area contributed by atoms with Crippen LogP contribution in [0.2, 0.25) is 0 Å².